The van der Waals surface area contributed by atoms with E-state index < -0.39 is 5.97 Å². The third kappa shape index (κ3) is 0.891. The van der Waals surface area contributed by atoms with Crippen LogP contribution < -0.4 is 0 Å². The molecule has 12 heavy (non-hydrogen) atoms. The standard InChI is InChI=1S/C9H15NO2/c1-10-5-7-3-2-4-9(7,6-10)8(11)12/h7H,2-6H2,1H3,(H,11,12). The highest BCUT2D eigenvalue weighted by atomic mass is 16.4. The molecule has 2 unspecified atom stereocenters. The van der Waals surface area contributed by atoms with E-state index in [1.165, 1.54) is 0 Å². The van der Waals surface area contributed by atoms with Gasteiger partial charge < -0.3 is 10.0 Å². The van der Waals surface area contributed by atoms with Gasteiger partial charge in [0.1, 0.15) is 0 Å². The third-order valence-corrected chi connectivity index (χ3v) is 3.47. The smallest absolute Gasteiger partial charge is 0.311 e. The van der Waals surface area contributed by atoms with Crippen LogP contribution in [-0.2, 0) is 4.79 Å². The van der Waals surface area contributed by atoms with Gasteiger partial charge in [0.25, 0.3) is 0 Å². The first-order valence-corrected chi connectivity index (χ1v) is 4.57. The minimum Gasteiger partial charge on any atom is -0.481 e. The topological polar surface area (TPSA) is 40.5 Å². The maximum absolute atomic E-state index is 11.1. The van der Waals surface area contributed by atoms with Crippen LogP contribution in [0, 0.1) is 11.3 Å². The molecule has 0 radical (unpaired) electrons. The van der Waals surface area contributed by atoms with Crippen LogP contribution in [0.5, 0.6) is 0 Å². The van der Waals surface area contributed by atoms with Crippen LogP contribution >= 0.6 is 0 Å². The Labute approximate surface area is 72.4 Å². The molecule has 68 valence electrons. The molecule has 0 aromatic rings. The molecule has 3 nitrogen and oxygen atoms in total. The summed E-state index contributed by atoms with van der Waals surface area (Å²) in [5, 5.41) is 9.17. The van der Waals surface area contributed by atoms with Crippen molar-refractivity contribution < 1.29 is 9.90 Å². The average Bonchev–Trinajstić information content (AvgIpc) is 2.42. The van der Waals surface area contributed by atoms with Crippen molar-refractivity contribution in [3.63, 3.8) is 0 Å². The molecule has 2 rings (SSSR count). The number of hydrogen-bond donors (Lipinski definition) is 1. The van der Waals surface area contributed by atoms with Gasteiger partial charge in [-0.2, -0.15) is 0 Å². The molecule has 2 aliphatic rings. The van der Waals surface area contributed by atoms with Gasteiger partial charge in [-0.1, -0.05) is 6.42 Å². The number of carboxylic acids is 1. The first kappa shape index (κ1) is 8.05. The Morgan fingerprint density at radius 1 is 1.67 bits per heavy atom. The fourth-order valence-corrected chi connectivity index (χ4v) is 2.89. The van der Waals surface area contributed by atoms with Crippen molar-refractivity contribution in [3.8, 4) is 0 Å². The first-order valence-electron chi connectivity index (χ1n) is 4.57. The Morgan fingerprint density at radius 3 is 3.00 bits per heavy atom. The van der Waals surface area contributed by atoms with Gasteiger partial charge in [-0.15, -0.1) is 0 Å². The molecule has 1 N–H and O–H groups in total. The predicted molar refractivity (Wildman–Crippen MR) is 44.9 cm³/mol. The number of carbonyl (C=O) groups is 1. The molecular weight excluding hydrogens is 154 g/mol. The summed E-state index contributed by atoms with van der Waals surface area (Å²) in [5.74, 6) is -0.158. The molecule has 2 fully saturated rings. The van der Waals surface area contributed by atoms with Crippen LogP contribution in [0.2, 0.25) is 0 Å². The van der Waals surface area contributed by atoms with Gasteiger partial charge in [0.2, 0.25) is 0 Å². The van der Waals surface area contributed by atoms with E-state index in [2.05, 4.69) is 4.90 Å². The third-order valence-electron chi connectivity index (χ3n) is 3.47. The molecule has 0 bridgehead atoms. The van der Waals surface area contributed by atoms with Crippen LogP contribution in [-0.4, -0.2) is 36.1 Å². The molecule has 0 spiro atoms. The van der Waals surface area contributed by atoms with Gasteiger partial charge in [-0.3, -0.25) is 4.79 Å². The molecule has 1 heterocycles. The molecule has 0 amide bonds. The van der Waals surface area contributed by atoms with Crippen molar-refractivity contribution >= 4 is 5.97 Å². The zero-order valence-electron chi connectivity index (χ0n) is 7.42. The van der Waals surface area contributed by atoms with E-state index in [-0.39, 0.29) is 5.41 Å². The van der Waals surface area contributed by atoms with Crippen molar-refractivity contribution in [2.75, 3.05) is 20.1 Å². The molecule has 1 saturated heterocycles. The summed E-state index contributed by atoms with van der Waals surface area (Å²) < 4.78 is 0. The van der Waals surface area contributed by atoms with E-state index in [1.807, 2.05) is 7.05 Å². The quantitative estimate of drug-likeness (QED) is 0.631. The van der Waals surface area contributed by atoms with E-state index >= 15 is 0 Å². The predicted octanol–water partition coefficient (Wildman–Crippen LogP) is 0.803. The number of nitrogens with zero attached hydrogens (tertiary/aromatic N) is 1. The second kappa shape index (κ2) is 2.46. The summed E-state index contributed by atoms with van der Waals surface area (Å²) in [6.07, 6.45) is 3.10. The molecule has 1 saturated carbocycles. The van der Waals surface area contributed by atoms with Crippen molar-refractivity contribution in [2.45, 2.75) is 19.3 Å². The zero-order valence-corrected chi connectivity index (χ0v) is 7.42. The Kier molecular flexibility index (Phi) is 1.65. The van der Waals surface area contributed by atoms with Gasteiger partial charge in [-0.25, -0.2) is 0 Å². The minimum absolute atomic E-state index is 0.380. The van der Waals surface area contributed by atoms with E-state index in [0.29, 0.717) is 5.92 Å². The number of carboxylic acid groups (broad SMARTS) is 1. The highest BCUT2D eigenvalue weighted by Crippen LogP contribution is 2.48. The van der Waals surface area contributed by atoms with Crippen LogP contribution in [0.4, 0.5) is 0 Å². The van der Waals surface area contributed by atoms with Gasteiger partial charge in [0.15, 0.2) is 0 Å². The summed E-state index contributed by atoms with van der Waals surface area (Å²) in [5.41, 5.74) is -0.380. The fourth-order valence-electron chi connectivity index (χ4n) is 2.89. The second-order valence-electron chi connectivity index (χ2n) is 4.25. The molecule has 0 aromatic heterocycles. The maximum Gasteiger partial charge on any atom is 0.311 e. The Morgan fingerprint density at radius 2 is 2.42 bits per heavy atom. The van der Waals surface area contributed by atoms with Crippen molar-refractivity contribution in [3.05, 3.63) is 0 Å². The molecule has 1 aliphatic heterocycles. The Balaban J connectivity index is 2.26. The normalized spacial score (nSPS) is 41.6. The highest BCUT2D eigenvalue weighted by Gasteiger charge is 2.53. The number of fused-ring (bicyclic) bond motifs is 1. The van der Waals surface area contributed by atoms with Crippen molar-refractivity contribution in [2.24, 2.45) is 11.3 Å². The average molecular weight is 169 g/mol. The lowest BCUT2D eigenvalue weighted by atomic mass is 9.81. The first-order chi connectivity index (χ1) is 5.65. The molecular formula is C9H15NO2. The van der Waals surface area contributed by atoms with Crippen molar-refractivity contribution in [1.82, 2.24) is 4.90 Å². The molecule has 1 aliphatic carbocycles. The summed E-state index contributed by atoms with van der Waals surface area (Å²) >= 11 is 0. The highest BCUT2D eigenvalue weighted by molar-refractivity contribution is 5.76. The lowest BCUT2D eigenvalue weighted by molar-refractivity contribution is -0.149. The van der Waals surface area contributed by atoms with Crippen molar-refractivity contribution in [1.29, 1.82) is 0 Å². The Bertz CT molecular complexity index is 217. The lowest BCUT2D eigenvalue weighted by Crippen LogP contribution is -2.35. The fraction of sp³-hybridized carbons (Fsp3) is 0.889. The largest absolute Gasteiger partial charge is 0.481 e. The Hall–Kier alpha value is -0.570. The summed E-state index contributed by atoms with van der Waals surface area (Å²) in [7, 11) is 2.02. The SMILES string of the molecule is CN1CC2CCCC2(C(=O)O)C1. The van der Waals surface area contributed by atoms with Crippen LogP contribution in [0.25, 0.3) is 0 Å². The van der Waals surface area contributed by atoms with Gasteiger partial charge in [-0.05, 0) is 25.8 Å². The number of likely N-dealkylation sites (tertiary alicyclic amines) is 1. The second-order valence-corrected chi connectivity index (χ2v) is 4.25. The summed E-state index contributed by atoms with van der Waals surface area (Å²) in [6, 6.07) is 0. The van der Waals surface area contributed by atoms with Gasteiger partial charge >= 0.3 is 5.97 Å². The van der Waals surface area contributed by atoms with Crippen LogP contribution in [0.15, 0.2) is 0 Å². The summed E-state index contributed by atoms with van der Waals surface area (Å²) in [6.45, 7) is 1.74. The minimum atomic E-state index is -0.575. The monoisotopic (exact) mass is 169 g/mol. The van der Waals surface area contributed by atoms with Crippen LogP contribution in [0.1, 0.15) is 19.3 Å². The lowest BCUT2D eigenvalue weighted by Gasteiger charge is -2.22. The number of hydrogen-bond acceptors (Lipinski definition) is 2. The van der Waals surface area contributed by atoms with E-state index in [1.54, 1.807) is 0 Å². The molecule has 0 aromatic carbocycles. The number of rotatable bonds is 1. The molecule has 3 heteroatoms. The van der Waals surface area contributed by atoms with E-state index in [4.69, 9.17) is 5.11 Å². The number of aliphatic carboxylic acids is 1. The van der Waals surface area contributed by atoms with E-state index in [9.17, 15) is 4.79 Å². The molecule has 2 atom stereocenters. The van der Waals surface area contributed by atoms with Gasteiger partial charge in [0.05, 0.1) is 5.41 Å². The summed E-state index contributed by atoms with van der Waals surface area (Å²) in [4.78, 5) is 13.3. The zero-order chi connectivity index (χ0) is 8.77. The van der Waals surface area contributed by atoms with E-state index in [0.717, 1.165) is 32.4 Å². The maximum atomic E-state index is 11.1. The van der Waals surface area contributed by atoms with Gasteiger partial charge in [0, 0.05) is 13.1 Å². The van der Waals surface area contributed by atoms with Crippen LogP contribution in [0.3, 0.4) is 0 Å².